The maximum Gasteiger partial charge on any atom is 0.0555 e. The zero-order valence-electron chi connectivity index (χ0n) is 25.4. The molecule has 0 unspecified atom stereocenters. The van der Waals surface area contributed by atoms with Crippen molar-refractivity contribution in [3.63, 3.8) is 0 Å². The lowest BCUT2D eigenvalue weighted by Gasteiger charge is -2.12. The Morgan fingerprint density at radius 2 is 1.22 bits per heavy atom. The highest BCUT2D eigenvalue weighted by molar-refractivity contribution is 7.25. The van der Waals surface area contributed by atoms with E-state index in [4.69, 9.17) is 0 Å². The van der Waals surface area contributed by atoms with E-state index in [1.165, 1.54) is 69.7 Å². The Kier molecular flexibility index (Phi) is 6.09. The molecular formula is C43H30N2S. The van der Waals surface area contributed by atoms with Crippen molar-refractivity contribution < 1.29 is 0 Å². The molecule has 0 saturated carbocycles. The van der Waals surface area contributed by atoms with Crippen LogP contribution in [0.4, 0.5) is 0 Å². The highest BCUT2D eigenvalue weighted by atomic mass is 32.1. The number of allylic oxidation sites excluding steroid dienone is 1. The summed E-state index contributed by atoms with van der Waals surface area (Å²) in [5, 5.41) is 6.31. The molecule has 0 aliphatic rings. The maximum atomic E-state index is 4.37. The summed E-state index contributed by atoms with van der Waals surface area (Å²) in [6, 6.07) is 48.4. The van der Waals surface area contributed by atoms with Crippen LogP contribution in [0, 0.1) is 0 Å². The van der Waals surface area contributed by atoms with E-state index in [1.807, 2.05) is 17.4 Å². The first kappa shape index (κ1) is 26.7. The molecule has 0 spiro atoms. The fraction of sp³-hybridized carbons (Fsp3) is 0.0233. The Balaban J connectivity index is 1.38. The van der Waals surface area contributed by atoms with E-state index in [-0.39, 0.29) is 0 Å². The molecule has 3 heteroatoms. The van der Waals surface area contributed by atoms with Gasteiger partial charge in [0.2, 0.25) is 0 Å². The van der Waals surface area contributed by atoms with Crippen molar-refractivity contribution in [3.05, 3.63) is 157 Å². The second kappa shape index (κ2) is 10.5. The lowest BCUT2D eigenvalue weighted by molar-refractivity contribution is 1.12. The van der Waals surface area contributed by atoms with Gasteiger partial charge in [0.15, 0.2) is 0 Å². The Hall–Kier alpha value is -5.64. The lowest BCUT2D eigenvalue weighted by Crippen LogP contribution is -1.98. The van der Waals surface area contributed by atoms with Crippen molar-refractivity contribution in [2.45, 2.75) is 6.92 Å². The smallest absolute Gasteiger partial charge is 0.0555 e. The van der Waals surface area contributed by atoms with Gasteiger partial charge >= 0.3 is 0 Å². The van der Waals surface area contributed by atoms with E-state index in [0.29, 0.717) is 0 Å². The van der Waals surface area contributed by atoms with E-state index in [1.54, 1.807) is 0 Å². The van der Waals surface area contributed by atoms with Crippen LogP contribution in [-0.2, 0) is 0 Å². The topological polar surface area (TPSA) is 9.86 Å². The highest BCUT2D eigenvalue weighted by Gasteiger charge is 2.23. The number of nitrogens with zero attached hydrogens (tertiary/aromatic N) is 2. The van der Waals surface area contributed by atoms with E-state index in [0.717, 1.165) is 16.9 Å². The molecule has 2 nitrogen and oxygen atoms in total. The quantitative estimate of drug-likeness (QED) is 0.184. The van der Waals surface area contributed by atoms with Crippen LogP contribution in [0.15, 0.2) is 146 Å². The van der Waals surface area contributed by atoms with Crippen LogP contribution in [0.3, 0.4) is 0 Å². The number of aromatic nitrogens is 2. The van der Waals surface area contributed by atoms with Crippen LogP contribution < -0.4 is 0 Å². The second-order valence-electron chi connectivity index (χ2n) is 11.7. The number of thiophene rings is 1. The minimum atomic E-state index is 1.15. The Morgan fingerprint density at radius 3 is 2.00 bits per heavy atom. The first-order valence-corrected chi connectivity index (χ1v) is 16.5. The zero-order valence-corrected chi connectivity index (χ0v) is 26.3. The molecule has 6 aromatic carbocycles. The van der Waals surface area contributed by atoms with Gasteiger partial charge in [0.25, 0.3) is 0 Å². The van der Waals surface area contributed by atoms with Crippen molar-refractivity contribution in [2.75, 3.05) is 0 Å². The molecule has 0 amide bonds. The first-order chi connectivity index (χ1) is 22.8. The van der Waals surface area contributed by atoms with Gasteiger partial charge in [-0.15, -0.1) is 11.3 Å². The van der Waals surface area contributed by atoms with Gasteiger partial charge in [-0.3, -0.25) is 0 Å². The summed E-state index contributed by atoms with van der Waals surface area (Å²) in [6.45, 7) is 6.46. The molecule has 46 heavy (non-hydrogen) atoms. The summed E-state index contributed by atoms with van der Waals surface area (Å²) < 4.78 is 7.46. The Bertz CT molecular complexity index is 2640. The molecule has 0 aliphatic heterocycles. The summed E-state index contributed by atoms with van der Waals surface area (Å²) in [5.74, 6) is 0. The molecule has 0 bridgehead atoms. The van der Waals surface area contributed by atoms with Crippen molar-refractivity contribution >= 4 is 76.4 Å². The maximum absolute atomic E-state index is 4.37. The second-order valence-corrected chi connectivity index (χ2v) is 12.8. The van der Waals surface area contributed by atoms with Gasteiger partial charge < -0.3 is 9.13 Å². The minimum absolute atomic E-state index is 1.15. The van der Waals surface area contributed by atoms with Crippen molar-refractivity contribution in [1.29, 1.82) is 0 Å². The zero-order chi connectivity index (χ0) is 30.8. The van der Waals surface area contributed by atoms with Crippen molar-refractivity contribution in [3.8, 4) is 22.5 Å². The Labute approximate surface area is 271 Å². The average Bonchev–Trinajstić information content (AvgIpc) is 3.76. The van der Waals surface area contributed by atoms with Crippen LogP contribution in [0.1, 0.15) is 18.2 Å². The Morgan fingerprint density at radius 1 is 0.543 bits per heavy atom. The summed E-state index contributed by atoms with van der Waals surface area (Å²) in [5.41, 5.74) is 10.6. The number of benzene rings is 6. The average molecular weight is 607 g/mol. The molecule has 218 valence electrons. The molecule has 0 fully saturated rings. The molecular weight excluding hydrogens is 577 g/mol. The molecule has 0 saturated heterocycles. The number of para-hydroxylation sites is 1. The largest absolute Gasteiger partial charge is 0.309 e. The predicted octanol–water partition coefficient (Wildman–Crippen LogP) is 12.4. The summed E-state index contributed by atoms with van der Waals surface area (Å²) in [6.07, 6.45) is 6.41. The van der Waals surface area contributed by atoms with Gasteiger partial charge in [0, 0.05) is 47.6 Å². The number of fused-ring (bicyclic) bond motifs is 8. The van der Waals surface area contributed by atoms with E-state index in [9.17, 15) is 0 Å². The van der Waals surface area contributed by atoms with E-state index < -0.39 is 0 Å². The monoisotopic (exact) mass is 606 g/mol. The number of hydrogen-bond acceptors (Lipinski definition) is 1. The molecule has 3 heterocycles. The summed E-state index contributed by atoms with van der Waals surface area (Å²) in [4.78, 5) is 0. The van der Waals surface area contributed by atoms with Gasteiger partial charge in [-0.1, -0.05) is 104 Å². The van der Waals surface area contributed by atoms with Crippen LogP contribution in [0.5, 0.6) is 0 Å². The van der Waals surface area contributed by atoms with Gasteiger partial charge in [0.1, 0.15) is 0 Å². The van der Waals surface area contributed by atoms with Crippen LogP contribution in [0.25, 0.3) is 87.5 Å². The third kappa shape index (κ3) is 3.82. The van der Waals surface area contributed by atoms with Crippen molar-refractivity contribution in [1.82, 2.24) is 9.13 Å². The third-order valence-corrected chi connectivity index (χ3v) is 10.4. The highest BCUT2D eigenvalue weighted by Crippen LogP contribution is 2.44. The predicted molar refractivity (Wildman–Crippen MR) is 201 cm³/mol. The SMILES string of the molecule is C=Cc1c(/C=C\C)n(-c2cccc3sc4ccccc4c23)c2ccc3c(c4ccccc4n3-c3ccc(-c4ccccc4)cc3)c12. The molecule has 0 aliphatic carbocycles. The lowest BCUT2D eigenvalue weighted by atomic mass is 10.0. The van der Waals surface area contributed by atoms with Gasteiger partial charge in [-0.25, -0.2) is 0 Å². The van der Waals surface area contributed by atoms with Crippen molar-refractivity contribution in [2.24, 2.45) is 0 Å². The van der Waals surface area contributed by atoms with Gasteiger partial charge in [-0.2, -0.15) is 0 Å². The van der Waals surface area contributed by atoms with Crippen LogP contribution >= 0.6 is 11.3 Å². The molecule has 0 atom stereocenters. The number of rotatable bonds is 5. The van der Waals surface area contributed by atoms with Gasteiger partial charge in [0.05, 0.1) is 27.9 Å². The fourth-order valence-corrected chi connectivity index (χ4v) is 8.46. The summed E-state index contributed by atoms with van der Waals surface area (Å²) in [7, 11) is 0. The minimum Gasteiger partial charge on any atom is -0.309 e. The standard InChI is InChI=1S/C43H30N2S/c1-3-13-34-31(4-2)42-38(45(34)36-19-12-21-40-41(36)33-17-9-11-20-39(33)46-40)27-26-37-43(42)32-16-8-10-18-35(32)44(37)30-24-22-29(23-25-30)28-14-6-5-7-15-28/h3-27H,2H2,1H3/b13-3-. The first-order valence-electron chi connectivity index (χ1n) is 15.7. The van der Waals surface area contributed by atoms with E-state index in [2.05, 4.69) is 168 Å². The van der Waals surface area contributed by atoms with Gasteiger partial charge in [-0.05, 0) is 72.7 Å². The summed E-state index contributed by atoms with van der Waals surface area (Å²) >= 11 is 1.86. The van der Waals surface area contributed by atoms with Crippen LogP contribution in [0.2, 0.25) is 0 Å². The van der Waals surface area contributed by atoms with Crippen LogP contribution in [-0.4, -0.2) is 9.13 Å². The molecule has 3 aromatic heterocycles. The molecule has 9 rings (SSSR count). The molecule has 0 radical (unpaired) electrons. The molecule has 9 aromatic rings. The number of hydrogen-bond donors (Lipinski definition) is 0. The third-order valence-electron chi connectivity index (χ3n) is 9.23. The normalized spacial score (nSPS) is 12.0. The van der Waals surface area contributed by atoms with E-state index >= 15 is 0 Å². The fourth-order valence-electron chi connectivity index (χ4n) is 7.33. The molecule has 0 N–H and O–H groups in total.